The molecule has 0 atom stereocenters. The van der Waals surface area contributed by atoms with Crippen LogP contribution < -0.4 is 0 Å². The van der Waals surface area contributed by atoms with Gasteiger partial charge in [-0.05, 0) is 103 Å². The van der Waals surface area contributed by atoms with Crippen LogP contribution in [0.1, 0.15) is 0 Å². The van der Waals surface area contributed by atoms with Gasteiger partial charge in [-0.1, -0.05) is 297 Å². The quantitative estimate of drug-likeness (QED) is 0.139. The maximum Gasteiger partial charge on any atom is 0.180 e. The second-order valence-corrected chi connectivity index (χ2v) is 37.4. The van der Waals surface area contributed by atoms with Gasteiger partial charge in [0.05, 0.1) is 33.1 Å². The number of furan rings is 3. The second kappa shape index (κ2) is 30.6. The topological polar surface area (TPSA) is 132 Å². The van der Waals surface area contributed by atoms with Gasteiger partial charge in [0.1, 0.15) is 50.4 Å². The Balaban J connectivity index is 0.000000101. The van der Waals surface area contributed by atoms with Gasteiger partial charge in [0.15, 0.2) is 34.2 Å². The highest BCUT2D eigenvalue weighted by molar-refractivity contribution is 7.27. The zero-order valence-corrected chi connectivity index (χ0v) is 74.3. The van der Waals surface area contributed by atoms with E-state index in [-0.39, 0.29) is 0 Å². The summed E-state index contributed by atoms with van der Waals surface area (Å²) in [5.74, 6) is 2.05. The summed E-state index contributed by atoms with van der Waals surface area (Å²) >= 11 is 5.58. The van der Waals surface area contributed by atoms with Crippen molar-refractivity contribution in [1.82, 2.24) is 43.6 Å². The summed E-state index contributed by atoms with van der Waals surface area (Å²) in [6.45, 7) is 0. The summed E-state index contributed by atoms with van der Waals surface area (Å²) in [5.41, 5.74) is 25.4. The number of rotatable bonds is 9. The molecular weight excluding hydrogens is 1710 g/mol. The molecule has 0 N–H and O–H groups in total. The van der Waals surface area contributed by atoms with Crippen LogP contribution in [0.3, 0.4) is 0 Å². The molecule has 15 heteroatoms. The Morgan fingerprint density at radius 2 is 0.519 bits per heavy atom. The average Bonchev–Trinajstić information content (AvgIpc) is 1.56. The van der Waals surface area contributed by atoms with Gasteiger partial charge in [-0.2, -0.15) is 0 Å². The van der Waals surface area contributed by atoms with Crippen LogP contribution in [0.2, 0.25) is 0 Å². The van der Waals surface area contributed by atoms with Crippen molar-refractivity contribution in [3.8, 4) is 85.0 Å². The number of aromatic nitrogens is 9. The molecule has 0 fully saturated rings. The largest absolute Gasteiger partial charge is 0.452 e. The third-order valence-electron chi connectivity index (χ3n) is 26.4. The van der Waals surface area contributed by atoms with E-state index < -0.39 is 0 Å². The van der Waals surface area contributed by atoms with Crippen molar-refractivity contribution >= 4 is 226 Å². The molecule has 0 radical (unpaired) electrons. The molecule has 630 valence electrons. The molecule has 0 aliphatic carbocycles. The summed E-state index contributed by atoms with van der Waals surface area (Å²) < 4.78 is 35.0. The van der Waals surface area contributed by atoms with Crippen LogP contribution in [0.15, 0.2) is 432 Å². The standard InChI is InChI=1S/3C40H23N3OS/c1-3-11-24(12-4-1)36-38-37(42-40(41-36)25-13-5-2-6-14-25)30-20-19-26(23-33(30)44-38)43-31-17-9-7-16-29(31)35-32(43)22-21-28-27-15-8-10-18-34(27)45-39(28)35;1-3-11-24(12-4-1)37-39-38(42-40(41-37)25-13-5-2-6-14-25)29-20-19-26(21-34(29)44-39)43-32-17-9-7-15-27(32)30-23-36-31(22-33(30)43)28-16-8-10-18-35(28)45-36;1-3-11-24(12-4-1)37-39-38(42-40(41-37)25-13-5-2-6-14-25)28-20-19-26(23-32(28)44-39)43-30-17-9-7-15-27(30)35-31(43)21-22-34-36(35)29-16-8-10-18-33(29)45-34/h3*1-23H. The zero-order valence-electron chi connectivity index (χ0n) is 71.8. The molecule has 30 aromatic rings. The van der Waals surface area contributed by atoms with Crippen LogP contribution in [0.25, 0.3) is 277 Å². The molecule has 12 aromatic heterocycles. The van der Waals surface area contributed by atoms with E-state index in [1.807, 2.05) is 180 Å². The first-order valence-corrected chi connectivity index (χ1v) is 47.5. The van der Waals surface area contributed by atoms with Gasteiger partial charge in [-0.25, -0.2) is 29.9 Å². The van der Waals surface area contributed by atoms with Gasteiger partial charge in [-0.15, -0.1) is 34.0 Å². The predicted octanol–water partition coefficient (Wildman–Crippen LogP) is 33.5. The number of fused-ring (bicyclic) bond motifs is 29. The fourth-order valence-electron chi connectivity index (χ4n) is 20.4. The minimum Gasteiger partial charge on any atom is -0.452 e. The fourth-order valence-corrected chi connectivity index (χ4v) is 23.9. The molecule has 30 rings (SSSR count). The molecule has 0 spiro atoms. The number of nitrogens with zero attached hydrogens (tertiary/aromatic N) is 9. The number of thiophene rings is 3. The van der Waals surface area contributed by atoms with Crippen LogP contribution >= 0.6 is 34.0 Å². The number of hydrogen-bond donors (Lipinski definition) is 0. The van der Waals surface area contributed by atoms with Gasteiger partial charge in [-0.3, -0.25) is 0 Å². The lowest BCUT2D eigenvalue weighted by molar-refractivity contribution is 0.666. The minimum atomic E-state index is 0.683. The summed E-state index contributed by atoms with van der Waals surface area (Å²) in [6.07, 6.45) is 0. The third kappa shape index (κ3) is 12.3. The van der Waals surface area contributed by atoms with Crippen LogP contribution in [0.5, 0.6) is 0 Å². The number of para-hydroxylation sites is 3. The fraction of sp³-hybridized carbons (Fsp3) is 0. The molecule has 0 aliphatic rings. The van der Waals surface area contributed by atoms with Gasteiger partial charge >= 0.3 is 0 Å². The van der Waals surface area contributed by atoms with Crippen molar-refractivity contribution in [2.45, 2.75) is 0 Å². The van der Waals surface area contributed by atoms with Gasteiger partial charge in [0.25, 0.3) is 0 Å². The number of benzene rings is 18. The van der Waals surface area contributed by atoms with Gasteiger partial charge < -0.3 is 27.0 Å². The third-order valence-corrected chi connectivity index (χ3v) is 29.9. The maximum atomic E-state index is 6.67. The number of hydrogen-bond acceptors (Lipinski definition) is 12. The average molecular weight is 1780 g/mol. The van der Waals surface area contributed by atoms with Crippen molar-refractivity contribution in [2.75, 3.05) is 0 Å². The monoisotopic (exact) mass is 1780 g/mol. The van der Waals surface area contributed by atoms with E-state index in [4.69, 9.17) is 43.2 Å². The molecule has 0 saturated carbocycles. The van der Waals surface area contributed by atoms with Gasteiger partial charge in [0, 0.05) is 178 Å². The summed E-state index contributed by atoms with van der Waals surface area (Å²) in [7, 11) is 0. The lowest BCUT2D eigenvalue weighted by Gasteiger charge is -2.08. The lowest BCUT2D eigenvalue weighted by atomic mass is 10.1. The Hall–Kier alpha value is -17.3. The molecule has 0 amide bonds. The summed E-state index contributed by atoms with van der Waals surface area (Å²) in [4.78, 5) is 30.3. The summed E-state index contributed by atoms with van der Waals surface area (Å²) in [6, 6.07) is 146. The SMILES string of the molecule is c1ccc(-c2nc(-c3ccccc3)c3oc4cc(-n5c6ccccc6c6c7c(ccc65)sc5ccccc57)ccc4c3n2)cc1.c1ccc(-c2nc(-c3ccccc3)c3oc4cc(-n5c6ccccc6c6c7sc8ccccc8c7ccc65)ccc4c3n2)cc1.c1ccc(-c2nc(-c3ccccc3)c3oc4cc(-n5c6ccccc6c6cc7sc8ccccc8c7cc65)ccc4c3n2)cc1. The van der Waals surface area contributed by atoms with E-state index in [9.17, 15) is 0 Å². The van der Waals surface area contributed by atoms with E-state index >= 15 is 0 Å². The van der Waals surface area contributed by atoms with Crippen molar-refractivity contribution in [2.24, 2.45) is 0 Å². The molecule has 18 aromatic carbocycles. The Morgan fingerprint density at radius 1 is 0.185 bits per heavy atom. The van der Waals surface area contributed by atoms with Crippen LogP contribution in [0.4, 0.5) is 0 Å². The normalized spacial score (nSPS) is 12.0. The minimum absolute atomic E-state index is 0.683. The van der Waals surface area contributed by atoms with Crippen molar-refractivity contribution in [3.63, 3.8) is 0 Å². The summed E-state index contributed by atoms with van der Waals surface area (Å²) in [5, 5.41) is 18.3. The molecule has 12 heterocycles. The zero-order chi connectivity index (χ0) is 88.5. The van der Waals surface area contributed by atoms with Crippen molar-refractivity contribution in [3.05, 3.63) is 419 Å². The molecule has 0 bridgehead atoms. The predicted molar refractivity (Wildman–Crippen MR) is 562 cm³/mol. The van der Waals surface area contributed by atoms with E-state index in [2.05, 4.69) is 287 Å². The first-order chi connectivity index (χ1) is 66.9. The van der Waals surface area contributed by atoms with Gasteiger partial charge in [0.2, 0.25) is 0 Å². The lowest BCUT2D eigenvalue weighted by Crippen LogP contribution is -1.94. The highest BCUT2D eigenvalue weighted by Gasteiger charge is 2.28. The van der Waals surface area contributed by atoms with E-state index in [0.717, 1.165) is 117 Å². The molecule has 0 aliphatic heterocycles. The van der Waals surface area contributed by atoms with E-state index in [0.29, 0.717) is 34.2 Å². The maximum absolute atomic E-state index is 6.67. The van der Waals surface area contributed by atoms with Crippen LogP contribution in [-0.4, -0.2) is 43.6 Å². The molecule has 0 unspecified atom stereocenters. The molecule has 0 saturated heterocycles. The van der Waals surface area contributed by atoms with Crippen LogP contribution in [0, 0.1) is 0 Å². The Kier molecular flexibility index (Phi) is 17.4. The van der Waals surface area contributed by atoms with Crippen molar-refractivity contribution in [1.29, 1.82) is 0 Å². The molecule has 12 nitrogen and oxygen atoms in total. The smallest absolute Gasteiger partial charge is 0.180 e. The van der Waals surface area contributed by atoms with Crippen molar-refractivity contribution < 1.29 is 13.3 Å². The highest BCUT2D eigenvalue weighted by atomic mass is 32.1. The first-order valence-electron chi connectivity index (χ1n) is 45.0. The first kappa shape index (κ1) is 76.5. The Labute approximate surface area is 780 Å². The van der Waals surface area contributed by atoms with E-state index in [1.54, 1.807) is 0 Å². The molecular formula is C120H69N9O3S3. The second-order valence-electron chi connectivity index (χ2n) is 34.2. The van der Waals surface area contributed by atoms with Crippen LogP contribution in [-0.2, 0) is 0 Å². The van der Waals surface area contributed by atoms with E-state index in [1.165, 1.54) is 126 Å². The molecule has 135 heavy (non-hydrogen) atoms. The highest BCUT2D eigenvalue weighted by Crippen LogP contribution is 2.50. The Bertz CT molecular complexity index is 9890. The Morgan fingerprint density at radius 3 is 0.978 bits per heavy atom.